The molecule has 0 aliphatic carbocycles. The van der Waals surface area contributed by atoms with Crippen LogP contribution in [0.5, 0.6) is 5.75 Å². The number of allylic oxidation sites excluding steroid dienone is 1. The van der Waals surface area contributed by atoms with Crippen molar-refractivity contribution in [2.75, 3.05) is 0 Å². The molecule has 0 amide bonds. The maximum atomic E-state index is 10.9. The predicted molar refractivity (Wildman–Crippen MR) is 88.6 cm³/mol. The first kappa shape index (κ1) is 14.8. The van der Waals surface area contributed by atoms with E-state index in [2.05, 4.69) is 6.07 Å². The Labute approximate surface area is 141 Å². The molecule has 0 saturated carbocycles. The normalized spacial score (nSPS) is 16.2. The van der Waals surface area contributed by atoms with Crippen LogP contribution in [0.1, 0.15) is 17.2 Å². The molecule has 7 nitrogen and oxygen atoms in total. The molecule has 4 rings (SSSR count). The Morgan fingerprint density at radius 1 is 1.16 bits per heavy atom. The maximum absolute atomic E-state index is 10.9. The second-order valence-electron chi connectivity index (χ2n) is 5.57. The molecule has 1 aliphatic heterocycles. The Hall–Kier alpha value is -3.79. The molecular weight excluding hydrogens is 322 g/mol. The largest absolute Gasteiger partial charge is 0.456 e. The average Bonchev–Trinajstić information content (AvgIpc) is 2.99. The molecule has 2 N–H and O–H groups in total. The van der Waals surface area contributed by atoms with E-state index in [4.69, 9.17) is 14.9 Å². The van der Waals surface area contributed by atoms with Crippen molar-refractivity contribution in [2.24, 2.45) is 5.73 Å². The Kier molecular flexibility index (Phi) is 3.18. The topological polar surface area (TPSA) is 115 Å². The summed E-state index contributed by atoms with van der Waals surface area (Å²) in [7, 11) is 0. The van der Waals surface area contributed by atoms with Crippen LogP contribution in [-0.2, 0) is 0 Å². The van der Waals surface area contributed by atoms with E-state index < -0.39 is 10.8 Å². The summed E-state index contributed by atoms with van der Waals surface area (Å²) in [5.41, 5.74) is 7.40. The van der Waals surface area contributed by atoms with Crippen LogP contribution in [0, 0.1) is 21.4 Å². The highest BCUT2D eigenvalue weighted by Crippen LogP contribution is 2.47. The number of ether oxygens (including phenoxy) is 1. The molecular formula is C18H11N3O4. The third-order valence-electron chi connectivity index (χ3n) is 4.16. The number of furan rings is 1. The Morgan fingerprint density at radius 2 is 1.88 bits per heavy atom. The van der Waals surface area contributed by atoms with Gasteiger partial charge in [0.2, 0.25) is 5.88 Å². The molecule has 25 heavy (non-hydrogen) atoms. The zero-order chi connectivity index (χ0) is 17.6. The zero-order valence-electron chi connectivity index (χ0n) is 12.8. The number of hydrogen-bond donors (Lipinski definition) is 1. The van der Waals surface area contributed by atoms with Gasteiger partial charge in [-0.1, -0.05) is 24.3 Å². The molecule has 2 aromatic carbocycles. The SMILES string of the molecule is N#CC1=C(N)Oc2c(oc3ccccc23)C1c1ccc([N+](=O)[O-])cc1. The van der Waals surface area contributed by atoms with Crippen LogP contribution in [0.2, 0.25) is 0 Å². The van der Waals surface area contributed by atoms with Crippen LogP contribution in [-0.4, -0.2) is 4.92 Å². The molecule has 122 valence electrons. The van der Waals surface area contributed by atoms with E-state index in [1.165, 1.54) is 12.1 Å². The lowest BCUT2D eigenvalue weighted by Crippen LogP contribution is -2.20. The summed E-state index contributed by atoms with van der Waals surface area (Å²) in [5, 5.41) is 21.1. The number of hydrogen-bond acceptors (Lipinski definition) is 6. The molecule has 0 spiro atoms. The van der Waals surface area contributed by atoms with E-state index in [1.807, 2.05) is 18.2 Å². The number of nitrogens with zero attached hydrogens (tertiary/aromatic N) is 2. The molecule has 1 aromatic heterocycles. The fourth-order valence-electron chi connectivity index (χ4n) is 3.00. The van der Waals surface area contributed by atoms with Gasteiger partial charge in [0.1, 0.15) is 17.2 Å². The number of para-hydroxylation sites is 1. The molecule has 0 saturated heterocycles. The van der Waals surface area contributed by atoms with E-state index in [0.717, 1.165) is 5.39 Å². The Morgan fingerprint density at radius 3 is 2.56 bits per heavy atom. The van der Waals surface area contributed by atoms with Gasteiger partial charge in [-0.2, -0.15) is 5.26 Å². The van der Waals surface area contributed by atoms with Crippen molar-refractivity contribution in [2.45, 2.75) is 5.92 Å². The molecule has 1 atom stereocenters. The van der Waals surface area contributed by atoms with Crippen molar-refractivity contribution >= 4 is 16.7 Å². The molecule has 0 fully saturated rings. The fraction of sp³-hybridized carbons (Fsp3) is 0.0556. The van der Waals surface area contributed by atoms with Gasteiger partial charge in [0.25, 0.3) is 5.69 Å². The number of nitro groups is 1. The van der Waals surface area contributed by atoms with Gasteiger partial charge >= 0.3 is 0 Å². The number of rotatable bonds is 2. The molecule has 7 heteroatoms. The van der Waals surface area contributed by atoms with Gasteiger partial charge in [-0.25, -0.2) is 0 Å². The second kappa shape index (κ2) is 5.39. The standard InChI is InChI=1S/C18H11N3O4/c19-9-13-15(10-5-7-11(8-6-10)21(22)23)17-16(25-18(13)20)12-3-1-2-4-14(12)24-17/h1-8,15H,20H2. The van der Waals surface area contributed by atoms with Crippen molar-refractivity contribution in [3.63, 3.8) is 0 Å². The number of nitrogens with two attached hydrogens (primary N) is 1. The van der Waals surface area contributed by atoms with Gasteiger partial charge in [0, 0.05) is 12.1 Å². The number of benzene rings is 2. The van der Waals surface area contributed by atoms with Gasteiger partial charge in [-0.3, -0.25) is 10.1 Å². The summed E-state index contributed by atoms with van der Waals surface area (Å²) >= 11 is 0. The summed E-state index contributed by atoms with van der Waals surface area (Å²) in [5.74, 6) is 0.350. The minimum Gasteiger partial charge on any atom is -0.456 e. The van der Waals surface area contributed by atoms with Gasteiger partial charge in [0.05, 0.1) is 16.2 Å². The zero-order valence-corrected chi connectivity index (χ0v) is 12.8. The first-order chi connectivity index (χ1) is 12.1. The molecule has 0 bridgehead atoms. The van der Waals surface area contributed by atoms with Gasteiger partial charge < -0.3 is 14.9 Å². The number of nitro benzene ring substituents is 1. The Balaban J connectivity index is 1.93. The second-order valence-corrected chi connectivity index (χ2v) is 5.57. The molecule has 1 aliphatic rings. The van der Waals surface area contributed by atoms with Crippen molar-refractivity contribution in [3.05, 3.63) is 81.4 Å². The summed E-state index contributed by atoms with van der Waals surface area (Å²) in [6, 6.07) is 15.3. The van der Waals surface area contributed by atoms with Crippen LogP contribution in [0.3, 0.4) is 0 Å². The van der Waals surface area contributed by atoms with Gasteiger partial charge in [-0.05, 0) is 17.7 Å². The quantitative estimate of drug-likeness (QED) is 0.566. The minimum absolute atomic E-state index is 0.00454. The van der Waals surface area contributed by atoms with E-state index in [-0.39, 0.29) is 17.1 Å². The summed E-state index contributed by atoms with van der Waals surface area (Å²) in [6.45, 7) is 0. The van der Waals surface area contributed by atoms with Crippen LogP contribution in [0.25, 0.3) is 11.0 Å². The molecule has 1 unspecified atom stereocenters. The minimum atomic E-state index is -0.582. The summed E-state index contributed by atoms with van der Waals surface area (Å²) in [4.78, 5) is 10.4. The third-order valence-corrected chi connectivity index (χ3v) is 4.16. The number of non-ortho nitro benzene ring substituents is 1. The van der Waals surface area contributed by atoms with E-state index in [0.29, 0.717) is 22.7 Å². The lowest BCUT2D eigenvalue weighted by atomic mass is 9.87. The number of nitriles is 1. The highest BCUT2D eigenvalue weighted by atomic mass is 16.6. The third kappa shape index (κ3) is 2.20. The van der Waals surface area contributed by atoms with Crippen molar-refractivity contribution in [1.29, 1.82) is 5.26 Å². The maximum Gasteiger partial charge on any atom is 0.269 e. The Bertz CT molecular complexity index is 1070. The molecule has 2 heterocycles. The first-order valence-corrected chi connectivity index (χ1v) is 7.43. The van der Waals surface area contributed by atoms with Crippen molar-refractivity contribution in [1.82, 2.24) is 0 Å². The average molecular weight is 333 g/mol. The van der Waals surface area contributed by atoms with Crippen LogP contribution in [0.4, 0.5) is 5.69 Å². The monoisotopic (exact) mass is 333 g/mol. The van der Waals surface area contributed by atoms with Crippen molar-refractivity contribution < 1.29 is 14.1 Å². The highest BCUT2D eigenvalue weighted by Gasteiger charge is 2.35. The van der Waals surface area contributed by atoms with Crippen LogP contribution >= 0.6 is 0 Å². The van der Waals surface area contributed by atoms with Gasteiger partial charge in [0.15, 0.2) is 11.5 Å². The van der Waals surface area contributed by atoms with E-state index in [9.17, 15) is 15.4 Å². The highest BCUT2D eigenvalue weighted by molar-refractivity contribution is 5.87. The smallest absolute Gasteiger partial charge is 0.269 e. The van der Waals surface area contributed by atoms with Gasteiger partial charge in [-0.15, -0.1) is 0 Å². The molecule has 3 aromatic rings. The van der Waals surface area contributed by atoms with Crippen LogP contribution in [0.15, 0.2) is 64.4 Å². The summed E-state index contributed by atoms with van der Waals surface area (Å²) in [6.07, 6.45) is 0. The first-order valence-electron chi connectivity index (χ1n) is 7.43. The van der Waals surface area contributed by atoms with E-state index >= 15 is 0 Å². The van der Waals surface area contributed by atoms with Crippen molar-refractivity contribution in [3.8, 4) is 11.8 Å². The fourth-order valence-corrected chi connectivity index (χ4v) is 3.00. The predicted octanol–water partition coefficient (Wildman–Crippen LogP) is 3.56. The van der Waals surface area contributed by atoms with E-state index in [1.54, 1.807) is 18.2 Å². The van der Waals surface area contributed by atoms with Crippen LogP contribution < -0.4 is 10.5 Å². The summed E-state index contributed by atoms with van der Waals surface area (Å²) < 4.78 is 11.6. The lowest BCUT2D eigenvalue weighted by molar-refractivity contribution is -0.384. The lowest BCUT2D eigenvalue weighted by Gasteiger charge is -2.22. The molecule has 0 radical (unpaired) electrons. The number of fused-ring (bicyclic) bond motifs is 3.